The predicted octanol–water partition coefficient (Wildman–Crippen LogP) is 3.26. The summed E-state index contributed by atoms with van der Waals surface area (Å²) in [7, 11) is 1.88. The maximum Gasteiger partial charge on any atom is 0.258 e. The number of aromatic nitrogens is 2. The molecule has 6 nitrogen and oxygen atoms in total. The number of anilines is 3. The molecule has 1 aliphatic heterocycles. The monoisotopic (exact) mass is 375 g/mol. The normalized spacial score (nSPS) is 13.3. The molecular formula is C22H25N5O. The zero-order valence-corrected chi connectivity index (χ0v) is 16.1. The van der Waals surface area contributed by atoms with Crippen molar-refractivity contribution in [3.05, 3.63) is 71.4 Å². The van der Waals surface area contributed by atoms with Crippen LogP contribution in [-0.2, 0) is 19.9 Å². The third kappa shape index (κ3) is 3.77. The number of carbonyl (C=O) groups is 1. The van der Waals surface area contributed by atoms with Crippen molar-refractivity contribution in [2.75, 3.05) is 23.3 Å². The highest BCUT2D eigenvalue weighted by Crippen LogP contribution is 2.30. The van der Waals surface area contributed by atoms with Crippen LogP contribution in [0.5, 0.6) is 0 Å². The van der Waals surface area contributed by atoms with E-state index in [0.717, 1.165) is 43.0 Å². The Morgan fingerprint density at radius 1 is 1.18 bits per heavy atom. The van der Waals surface area contributed by atoms with Crippen molar-refractivity contribution in [3.63, 3.8) is 0 Å². The number of nitrogens with two attached hydrogens (primary N) is 1. The Bertz CT molecular complexity index is 977. The van der Waals surface area contributed by atoms with Crippen molar-refractivity contribution in [3.8, 4) is 0 Å². The first-order valence-electron chi connectivity index (χ1n) is 9.64. The van der Waals surface area contributed by atoms with Crippen molar-refractivity contribution in [1.29, 1.82) is 0 Å². The van der Waals surface area contributed by atoms with Gasteiger partial charge in [0, 0.05) is 42.8 Å². The standard InChI is InChI=1S/C22H25N5O/c1-26-14-11-21(25-26)24-19-7-5-17(6-8-19)22(28)27-13-2-3-18-15-16(10-12-23)4-9-20(18)27/h4-9,11,14-15H,2-3,10,12-13,23H2,1H3,(H,24,25). The fourth-order valence-corrected chi connectivity index (χ4v) is 3.67. The van der Waals surface area contributed by atoms with Gasteiger partial charge in [0.05, 0.1) is 0 Å². The van der Waals surface area contributed by atoms with Gasteiger partial charge in [-0.1, -0.05) is 12.1 Å². The number of hydrogen-bond donors (Lipinski definition) is 2. The molecule has 0 radical (unpaired) electrons. The molecule has 0 unspecified atom stereocenters. The summed E-state index contributed by atoms with van der Waals surface area (Å²) in [6, 6.07) is 15.8. The van der Waals surface area contributed by atoms with Crippen molar-refractivity contribution >= 4 is 23.1 Å². The Labute approximate surface area is 165 Å². The number of amides is 1. The zero-order chi connectivity index (χ0) is 19.5. The second-order valence-corrected chi connectivity index (χ2v) is 7.14. The van der Waals surface area contributed by atoms with E-state index in [-0.39, 0.29) is 5.91 Å². The first-order valence-corrected chi connectivity index (χ1v) is 9.64. The molecule has 0 saturated heterocycles. The van der Waals surface area contributed by atoms with Gasteiger partial charge in [-0.2, -0.15) is 5.10 Å². The van der Waals surface area contributed by atoms with Crippen LogP contribution in [0.25, 0.3) is 0 Å². The topological polar surface area (TPSA) is 76.2 Å². The van der Waals surface area contributed by atoms with Crippen molar-refractivity contribution in [2.45, 2.75) is 19.3 Å². The largest absolute Gasteiger partial charge is 0.339 e. The molecule has 1 amide bonds. The van der Waals surface area contributed by atoms with Gasteiger partial charge in [0.15, 0.2) is 5.82 Å². The van der Waals surface area contributed by atoms with Gasteiger partial charge >= 0.3 is 0 Å². The summed E-state index contributed by atoms with van der Waals surface area (Å²) in [5, 5.41) is 7.54. The fraction of sp³-hybridized carbons (Fsp3) is 0.273. The summed E-state index contributed by atoms with van der Waals surface area (Å²) in [6.45, 7) is 1.39. The van der Waals surface area contributed by atoms with Crippen LogP contribution in [0.3, 0.4) is 0 Å². The molecule has 3 aromatic rings. The van der Waals surface area contributed by atoms with E-state index in [1.807, 2.05) is 48.5 Å². The van der Waals surface area contributed by atoms with Crippen LogP contribution in [0.15, 0.2) is 54.7 Å². The van der Waals surface area contributed by atoms with Gasteiger partial charge in [0.1, 0.15) is 0 Å². The molecule has 1 aromatic heterocycles. The lowest BCUT2D eigenvalue weighted by Gasteiger charge is -2.30. The molecule has 1 aliphatic rings. The Morgan fingerprint density at radius 3 is 2.71 bits per heavy atom. The average molecular weight is 375 g/mol. The lowest BCUT2D eigenvalue weighted by Crippen LogP contribution is -2.35. The molecule has 28 heavy (non-hydrogen) atoms. The van der Waals surface area contributed by atoms with Gasteiger partial charge in [0.25, 0.3) is 5.91 Å². The van der Waals surface area contributed by atoms with Gasteiger partial charge < -0.3 is 16.0 Å². The number of aryl methyl sites for hydroxylation is 2. The number of carbonyl (C=O) groups excluding carboxylic acids is 1. The first-order chi connectivity index (χ1) is 13.6. The second-order valence-electron chi connectivity index (χ2n) is 7.14. The fourth-order valence-electron chi connectivity index (χ4n) is 3.67. The van der Waals surface area contributed by atoms with Crippen molar-refractivity contribution < 1.29 is 4.79 Å². The Kier molecular flexibility index (Phi) is 5.12. The average Bonchev–Trinajstić information content (AvgIpc) is 3.12. The molecule has 0 saturated carbocycles. The molecular weight excluding hydrogens is 350 g/mol. The quantitative estimate of drug-likeness (QED) is 0.718. The summed E-state index contributed by atoms with van der Waals surface area (Å²) in [5.41, 5.74) is 10.8. The highest BCUT2D eigenvalue weighted by Gasteiger charge is 2.23. The Balaban J connectivity index is 1.52. The lowest BCUT2D eigenvalue weighted by molar-refractivity contribution is 0.0985. The van der Waals surface area contributed by atoms with Crippen LogP contribution in [0.2, 0.25) is 0 Å². The molecule has 0 bridgehead atoms. The van der Waals surface area contributed by atoms with E-state index in [1.54, 1.807) is 4.68 Å². The van der Waals surface area contributed by atoms with E-state index in [0.29, 0.717) is 12.1 Å². The van der Waals surface area contributed by atoms with Crippen LogP contribution >= 0.6 is 0 Å². The number of hydrogen-bond acceptors (Lipinski definition) is 4. The zero-order valence-electron chi connectivity index (χ0n) is 16.1. The number of rotatable bonds is 5. The Hall–Kier alpha value is -3.12. The molecule has 3 N–H and O–H groups in total. The van der Waals surface area contributed by atoms with E-state index in [9.17, 15) is 4.79 Å². The van der Waals surface area contributed by atoms with E-state index in [4.69, 9.17) is 5.73 Å². The van der Waals surface area contributed by atoms with Crippen molar-refractivity contribution in [2.24, 2.45) is 12.8 Å². The summed E-state index contributed by atoms with van der Waals surface area (Å²) in [4.78, 5) is 15.0. The van der Waals surface area contributed by atoms with Crippen molar-refractivity contribution in [1.82, 2.24) is 9.78 Å². The third-order valence-electron chi connectivity index (χ3n) is 5.06. The van der Waals surface area contributed by atoms with Gasteiger partial charge in [-0.15, -0.1) is 0 Å². The van der Waals surface area contributed by atoms with Crippen LogP contribution in [0, 0.1) is 0 Å². The second kappa shape index (κ2) is 7.86. The molecule has 144 valence electrons. The molecule has 6 heteroatoms. The van der Waals surface area contributed by atoms with E-state index < -0.39 is 0 Å². The molecule has 0 atom stereocenters. The van der Waals surface area contributed by atoms with Crippen LogP contribution in [0.4, 0.5) is 17.2 Å². The molecule has 0 fully saturated rings. The Morgan fingerprint density at radius 2 is 2.00 bits per heavy atom. The van der Waals surface area contributed by atoms with Gasteiger partial charge in [-0.25, -0.2) is 0 Å². The minimum absolute atomic E-state index is 0.0388. The smallest absolute Gasteiger partial charge is 0.258 e. The molecule has 0 spiro atoms. The summed E-state index contributed by atoms with van der Waals surface area (Å²) in [5.74, 6) is 0.816. The van der Waals surface area contributed by atoms with E-state index in [2.05, 4.69) is 28.6 Å². The SMILES string of the molecule is Cn1ccc(Nc2ccc(C(=O)N3CCCc4cc(CCN)ccc43)cc2)n1. The number of benzene rings is 2. The van der Waals surface area contributed by atoms with Gasteiger partial charge in [-0.05, 0) is 67.3 Å². The summed E-state index contributed by atoms with van der Waals surface area (Å²) in [6.07, 6.45) is 4.73. The molecule has 2 heterocycles. The summed E-state index contributed by atoms with van der Waals surface area (Å²) >= 11 is 0. The summed E-state index contributed by atoms with van der Waals surface area (Å²) < 4.78 is 1.74. The lowest BCUT2D eigenvalue weighted by atomic mass is 9.97. The van der Waals surface area contributed by atoms with Crippen LogP contribution < -0.4 is 16.0 Å². The van der Waals surface area contributed by atoms with E-state index in [1.165, 1.54) is 11.1 Å². The highest BCUT2D eigenvalue weighted by atomic mass is 16.2. The molecule has 4 rings (SSSR count). The molecule has 0 aliphatic carbocycles. The minimum Gasteiger partial charge on any atom is -0.339 e. The number of nitrogens with one attached hydrogen (secondary N) is 1. The highest BCUT2D eigenvalue weighted by molar-refractivity contribution is 6.07. The van der Waals surface area contributed by atoms with Gasteiger partial charge in [-0.3, -0.25) is 9.48 Å². The van der Waals surface area contributed by atoms with Crippen LogP contribution in [-0.4, -0.2) is 28.8 Å². The number of nitrogens with zero attached hydrogens (tertiary/aromatic N) is 3. The maximum absolute atomic E-state index is 13.1. The predicted molar refractivity (Wildman–Crippen MR) is 112 cm³/mol. The maximum atomic E-state index is 13.1. The first kappa shape index (κ1) is 18.3. The minimum atomic E-state index is 0.0388. The number of fused-ring (bicyclic) bond motifs is 1. The van der Waals surface area contributed by atoms with E-state index >= 15 is 0 Å². The molecule has 2 aromatic carbocycles. The van der Waals surface area contributed by atoms with Gasteiger partial charge in [0.2, 0.25) is 0 Å². The third-order valence-corrected chi connectivity index (χ3v) is 5.06. The van der Waals surface area contributed by atoms with Crippen LogP contribution in [0.1, 0.15) is 27.9 Å².